The summed E-state index contributed by atoms with van der Waals surface area (Å²) in [5.74, 6) is 0.684. The van der Waals surface area contributed by atoms with Gasteiger partial charge in [-0.1, -0.05) is 47.5 Å². The Morgan fingerprint density at radius 1 is 0.769 bits per heavy atom. The van der Waals surface area contributed by atoms with Crippen LogP contribution in [0.4, 0.5) is 5.69 Å². The van der Waals surface area contributed by atoms with Gasteiger partial charge in [0, 0.05) is 5.69 Å². The smallest absolute Gasteiger partial charge is 0.261 e. The lowest BCUT2D eigenvalue weighted by Crippen LogP contribution is -2.12. The number of sulfonamides is 1. The first-order valence-electron chi connectivity index (χ1n) is 8.30. The van der Waals surface area contributed by atoms with Crippen LogP contribution in [0.25, 0.3) is 0 Å². The van der Waals surface area contributed by atoms with E-state index >= 15 is 0 Å². The van der Waals surface area contributed by atoms with E-state index in [1.807, 2.05) is 38.1 Å². The highest BCUT2D eigenvalue weighted by atomic mass is 32.2. The molecule has 0 fully saturated rings. The third kappa shape index (κ3) is 4.64. The van der Waals surface area contributed by atoms with E-state index < -0.39 is 10.0 Å². The van der Waals surface area contributed by atoms with Crippen LogP contribution < -0.4 is 9.46 Å². The number of benzene rings is 3. The van der Waals surface area contributed by atoms with Gasteiger partial charge in [-0.15, -0.1) is 0 Å². The van der Waals surface area contributed by atoms with Crippen LogP contribution in [0.5, 0.6) is 5.75 Å². The van der Waals surface area contributed by atoms with Gasteiger partial charge in [0.1, 0.15) is 12.4 Å². The van der Waals surface area contributed by atoms with Crippen LogP contribution in [0, 0.1) is 13.8 Å². The van der Waals surface area contributed by atoms with E-state index in [1.165, 1.54) is 5.56 Å². The van der Waals surface area contributed by atoms with E-state index in [2.05, 4.69) is 4.72 Å². The molecule has 0 radical (unpaired) electrons. The second-order valence-corrected chi connectivity index (χ2v) is 7.90. The first kappa shape index (κ1) is 18.0. The molecule has 0 atom stereocenters. The van der Waals surface area contributed by atoms with Crippen molar-refractivity contribution in [1.82, 2.24) is 0 Å². The van der Waals surface area contributed by atoms with E-state index in [9.17, 15) is 8.42 Å². The Morgan fingerprint density at radius 3 is 1.88 bits per heavy atom. The Hall–Kier alpha value is -2.79. The lowest BCUT2D eigenvalue weighted by atomic mass is 10.2. The average molecular weight is 367 g/mol. The van der Waals surface area contributed by atoms with Crippen LogP contribution in [0.3, 0.4) is 0 Å². The number of rotatable bonds is 6. The standard InChI is InChI=1S/C21H21NO3S/c1-16-3-7-18(8-4-16)15-25-20-11-9-19(10-12-20)22-26(23,24)21-13-5-17(2)6-14-21/h3-14,22H,15H2,1-2H3. The molecule has 0 unspecified atom stereocenters. The SMILES string of the molecule is Cc1ccc(COc2ccc(NS(=O)(=O)c3ccc(C)cc3)cc2)cc1. The number of hydrogen-bond donors (Lipinski definition) is 1. The van der Waals surface area contributed by atoms with Crippen molar-refractivity contribution in [2.45, 2.75) is 25.3 Å². The van der Waals surface area contributed by atoms with E-state index in [1.54, 1.807) is 48.5 Å². The minimum absolute atomic E-state index is 0.239. The molecular weight excluding hydrogens is 346 g/mol. The quantitative estimate of drug-likeness (QED) is 0.688. The summed E-state index contributed by atoms with van der Waals surface area (Å²) in [7, 11) is -3.59. The molecule has 3 rings (SSSR count). The minimum atomic E-state index is -3.59. The molecule has 0 saturated carbocycles. The normalized spacial score (nSPS) is 11.2. The lowest BCUT2D eigenvalue weighted by Gasteiger charge is -2.10. The van der Waals surface area contributed by atoms with Crippen molar-refractivity contribution in [3.8, 4) is 5.75 Å². The fraction of sp³-hybridized carbons (Fsp3) is 0.143. The van der Waals surface area contributed by atoms with E-state index in [4.69, 9.17) is 4.74 Å². The third-order valence-corrected chi connectivity index (χ3v) is 5.36. The van der Waals surface area contributed by atoms with Crippen molar-refractivity contribution in [2.75, 3.05) is 4.72 Å². The van der Waals surface area contributed by atoms with Crippen LogP contribution in [0.2, 0.25) is 0 Å². The van der Waals surface area contributed by atoms with Crippen molar-refractivity contribution in [2.24, 2.45) is 0 Å². The molecule has 0 bridgehead atoms. The number of aryl methyl sites for hydroxylation is 2. The fourth-order valence-electron chi connectivity index (χ4n) is 2.40. The van der Waals surface area contributed by atoms with E-state index in [0.29, 0.717) is 18.0 Å². The summed E-state index contributed by atoms with van der Waals surface area (Å²) in [4.78, 5) is 0.239. The molecule has 3 aromatic carbocycles. The molecule has 134 valence electrons. The highest BCUT2D eigenvalue weighted by molar-refractivity contribution is 7.92. The molecule has 0 saturated heterocycles. The lowest BCUT2D eigenvalue weighted by molar-refractivity contribution is 0.306. The molecule has 26 heavy (non-hydrogen) atoms. The molecule has 0 amide bonds. The zero-order chi connectivity index (χ0) is 18.6. The van der Waals surface area contributed by atoms with Gasteiger partial charge in [-0.3, -0.25) is 4.72 Å². The van der Waals surface area contributed by atoms with E-state index in [0.717, 1.165) is 11.1 Å². The molecule has 0 heterocycles. The Kier molecular flexibility index (Phi) is 5.28. The highest BCUT2D eigenvalue weighted by Crippen LogP contribution is 2.20. The van der Waals surface area contributed by atoms with Gasteiger partial charge in [0.2, 0.25) is 0 Å². The second-order valence-electron chi connectivity index (χ2n) is 6.22. The van der Waals surface area contributed by atoms with Crippen LogP contribution in [0.1, 0.15) is 16.7 Å². The predicted octanol–water partition coefficient (Wildman–Crippen LogP) is 4.68. The van der Waals surface area contributed by atoms with Crippen molar-refractivity contribution in [3.05, 3.63) is 89.5 Å². The fourth-order valence-corrected chi connectivity index (χ4v) is 3.46. The number of anilines is 1. The average Bonchev–Trinajstić information content (AvgIpc) is 2.62. The summed E-state index contributed by atoms with van der Waals surface area (Å²) in [6, 6.07) is 21.8. The highest BCUT2D eigenvalue weighted by Gasteiger charge is 2.13. The third-order valence-electron chi connectivity index (χ3n) is 3.96. The van der Waals surface area contributed by atoms with Gasteiger partial charge in [-0.2, -0.15) is 0 Å². The maximum atomic E-state index is 12.4. The van der Waals surface area contributed by atoms with Crippen molar-refractivity contribution >= 4 is 15.7 Å². The molecule has 0 spiro atoms. The Labute approximate surface area is 154 Å². The summed E-state index contributed by atoms with van der Waals surface area (Å²) in [5, 5.41) is 0. The Morgan fingerprint density at radius 2 is 1.31 bits per heavy atom. The summed E-state index contributed by atoms with van der Waals surface area (Å²) >= 11 is 0. The summed E-state index contributed by atoms with van der Waals surface area (Å²) in [5.41, 5.74) is 3.80. The van der Waals surface area contributed by atoms with Gasteiger partial charge in [0.05, 0.1) is 4.90 Å². The van der Waals surface area contributed by atoms with Crippen LogP contribution in [-0.4, -0.2) is 8.42 Å². The van der Waals surface area contributed by atoms with Crippen molar-refractivity contribution < 1.29 is 13.2 Å². The second kappa shape index (κ2) is 7.62. The van der Waals surface area contributed by atoms with Crippen LogP contribution in [0.15, 0.2) is 77.7 Å². The van der Waals surface area contributed by atoms with Gasteiger partial charge >= 0.3 is 0 Å². The Bertz CT molecular complexity index is 961. The van der Waals surface area contributed by atoms with Gasteiger partial charge in [0.25, 0.3) is 10.0 Å². The molecule has 0 aromatic heterocycles. The minimum Gasteiger partial charge on any atom is -0.489 e. The monoisotopic (exact) mass is 367 g/mol. The maximum Gasteiger partial charge on any atom is 0.261 e. The molecule has 3 aromatic rings. The first-order valence-corrected chi connectivity index (χ1v) is 9.79. The van der Waals surface area contributed by atoms with Crippen LogP contribution in [-0.2, 0) is 16.6 Å². The molecule has 0 aliphatic heterocycles. The van der Waals surface area contributed by atoms with Gasteiger partial charge < -0.3 is 4.74 Å². The number of nitrogens with one attached hydrogen (secondary N) is 1. The molecule has 0 aliphatic carbocycles. The predicted molar refractivity (Wildman–Crippen MR) is 104 cm³/mol. The summed E-state index contributed by atoms with van der Waals surface area (Å²) in [6.07, 6.45) is 0. The zero-order valence-electron chi connectivity index (χ0n) is 14.8. The molecule has 4 nitrogen and oxygen atoms in total. The zero-order valence-corrected chi connectivity index (χ0v) is 15.6. The molecule has 5 heteroatoms. The van der Waals surface area contributed by atoms with E-state index in [-0.39, 0.29) is 4.90 Å². The van der Waals surface area contributed by atoms with Crippen molar-refractivity contribution in [1.29, 1.82) is 0 Å². The summed E-state index contributed by atoms with van der Waals surface area (Å²) in [6.45, 7) is 4.43. The first-order chi connectivity index (χ1) is 12.4. The van der Waals surface area contributed by atoms with Crippen LogP contribution >= 0.6 is 0 Å². The summed E-state index contributed by atoms with van der Waals surface area (Å²) < 4.78 is 33.1. The maximum absolute atomic E-state index is 12.4. The Balaban J connectivity index is 1.63. The molecule has 1 N–H and O–H groups in total. The number of ether oxygens (including phenoxy) is 1. The van der Waals surface area contributed by atoms with Gasteiger partial charge in [0.15, 0.2) is 0 Å². The van der Waals surface area contributed by atoms with Crippen molar-refractivity contribution in [3.63, 3.8) is 0 Å². The topological polar surface area (TPSA) is 55.4 Å². The molecule has 0 aliphatic rings. The molecular formula is C21H21NO3S. The number of hydrogen-bond acceptors (Lipinski definition) is 3. The van der Waals surface area contributed by atoms with Gasteiger partial charge in [-0.25, -0.2) is 8.42 Å². The largest absolute Gasteiger partial charge is 0.489 e. The van der Waals surface area contributed by atoms with Gasteiger partial charge in [-0.05, 0) is 55.8 Å².